The number of amides is 1. The molecule has 1 atom stereocenters. The van der Waals surface area contributed by atoms with Crippen LogP contribution >= 0.6 is 0 Å². The van der Waals surface area contributed by atoms with Crippen LogP contribution in [0.5, 0.6) is 0 Å². The number of hydrogen-bond donors (Lipinski definition) is 2. The number of aryl methyl sites for hydroxylation is 1. The van der Waals surface area contributed by atoms with E-state index in [2.05, 4.69) is 20.7 Å². The third kappa shape index (κ3) is 2.47. The Morgan fingerprint density at radius 1 is 1.37 bits per heavy atom. The van der Waals surface area contributed by atoms with E-state index in [0.717, 1.165) is 24.2 Å². The summed E-state index contributed by atoms with van der Waals surface area (Å²) < 4.78 is 13.0. The van der Waals surface area contributed by atoms with E-state index in [-0.39, 0.29) is 17.6 Å². The molecular formula is C13H13FN4O. The van der Waals surface area contributed by atoms with Crippen molar-refractivity contribution in [3.8, 4) is 0 Å². The topological polar surface area (TPSA) is 70.7 Å². The predicted molar refractivity (Wildman–Crippen MR) is 66.9 cm³/mol. The van der Waals surface area contributed by atoms with E-state index in [1.54, 1.807) is 12.1 Å². The maximum atomic E-state index is 13.0. The van der Waals surface area contributed by atoms with Gasteiger partial charge in [0.15, 0.2) is 0 Å². The number of fused-ring (bicyclic) bond motifs is 1. The quantitative estimate of drug-likeness (QED) is 0.863. The fraction of sp³-hybridized carbons (Fsp3) is 0.308. The monoisotopic (exact) mass is 260 g/mol. The van der Waals surface area contributed by atoms with Gasteiger partial charge in [0.25, 0.3) is 0 Å². The van der Waals surface area contributed by atoms with E-state index in [4.69, 9.17) is 0 Å². The molecule has 1 aliphatic rings. The second kappa shape index (κ2) is 4.79. The highest BCUT2D eigenvalue weighted by Crippen LogP contribution is 2.23. The van der Waals surface area contributed by atoms with Crippen molar-refractivity contribution in [1.29, 1.82) is 0 Å². The first-order chi connectivity index (χ1) is 9.22. The maximum absolute atomic E-state index is 13.0. The number of aromatic nitrogens is 3. The Balaban J connectivity index is 1.69. The summed E-state index contributed by atoms with van der Waals surface area (Å²) in [6, 6.07) is 5.90. The van der Waals surface area contributed by atoms with Gasteiger partial charge in [0, 0.05) is 18.0 Å². The molecule has 1 aromatic heterocycles. The van der Waals surface area contributed by atoms with Crippen LogP contribution in [0.1, 0.15) is 17.8 Å². The van der Waals surface area contributed by atoms with Gasteiger partial charge >= 0.3 is 0 Å². The van der Waals surface area contributed by atoms with E-state index < -0.39 is 0 Å². The van der Waals surface area contributed by atoms with Gasteiger partial charge < -0.3 is 5.32 Å². The average Bonchev–Trinajstić information content (AvgIpc) is 2.85. The molecule has 1 aromatic carbocycles. The molecular weight excluding hydrogens is 247 g/mol. The van der Waals surface area contributed by atoms with Crippen molar-refractivity contribution in [3.05, 3.63) is 41.5 Å². The van der Waals surface area contributed by atoms with Gasteiger partial charge in [-0.1, -0.05) is 6.07 Å². The summed E-state index contributed by atoms with van der Waals surface area (Å²) in [5.41, 5.74) is 2.27. The Bertz CT molecular complexity index is 610. The molecule has 1 heterocycles. The van der Waals surface area contributed by atoms with Gasteiger partial charge in [0.05, 0.1) is 11.4 Å². The number of carbonyl (C=O) groups excluding carboxylic acids is 1. The lowest BCUT2D eigenvalue weighted by molar-refractivity contribution is -0.120. The van der Waals surface area contributed by atoms with Gasteiger partial charge in [-0.15, -0.1) is 0 Å². The van der Waals surface area contributed by atoms with Crippen molar-refractivity contribution >= 4 is 11.6 Å². The maximum Gasteiger partial charge on any atom is 0.227 e. The first-order valence-corrected chi connectivity index (χ1v) is 6.17. The number of benzene rings is 1. The van der Waals surface area contributed by atoms with Crippen LogP contribution in [-0.4, -0.2) is 21.3 Å². The van der Waals surface area contributed by atoms with E-state index in [9.17, 15) is 9.18 Å². The largest absolute Gasteiger partial charge is 0.326 e. The van der Waals surface area contributed by atoms with Gasteiger partial charge in [-0.3, -0.25) is 4.79 Å². The number of aromatic amines is 1. The third-order valence-electron chi connectivity index (χ3n) is 3.34. The summed E-state index contributed by atoms with van der Waals surface area (Å²) in [7, 11) is 0. The highest BCUT2D eigenvalue weighted by molar-refractivity contribution is 5.92. The summed E-state index contributed by atoms with van der Waals surface area (Å²) in [4.78, 5) is 12.1. The minimum Gasteiger partial charge on any atom is -0.326 e. The van der Waals surface area contributed by atoms with Crippen LogP contribution in [-0.2, 0) is 17.6 Å². The normalized spacial score (nSPS) is 17.8. The number of anilines is 1. The number of hydrogen-bond acceptors (Lipinski definition) is 3. The summed E-state index contributed by atoms with van der Waals surface area (Å²) in [5, 5.41) is 13.4. The lowest BCUT2D eigenvalue weighted by atomic mass is 9.89. The number of rotatable bonds is 2. The van der Waals surface area contributed by atoms with Crippen LogP contribution < -0.4 is 5.32 Å². The van der Waals surface area contributed by atoms with Gasteiger partial charge in [0.2, 0.25) is 5.91 Å². The second-order valence-electron chi connectivity index (χ2n) is 4.66. The molecule has 0 saturated carbocycles. The number of halogens is 1. The fourth-order valence-electron chi connectivity index (χ4n) is 2.32. The number of H-pyrrole nitrogens is 1. The molecule has 2 N–H and O–H groups in total. The first-order valence-electron chi connectivity index (χ1n) is 6.17. The van der Waals surface area contributed by atoms with Crippen molar-refractivity contribution in [2.45, 2.75) is 19.3 Å². The molecule has 98 valence electrons. The molecule has 3 rings (SSSR count). The number of carbonyl (C=O) groups is 1. The Kier molecular flexibility index (Phi) is 2.98. The predicted octanol–water partition coefficient (Wildman–Crippen LogP) is 1.69. The zero-order valence-electron chi connectivity index (χ0n) is 10.2. The SMILES string of the molecule is O=C(Nc1cccc(F)c1)C1CCc2n[nH]nc2C1. The molecule has 1 aliphatic carbocycles. The lowest BCUT2D eigenvalue weighted by Gasteiger charge is -2.19. The molecule has 0 spiro atoms. The van der Waals surface area contributed by atoms with Crippen LogP contribution in [0, 0.1) is 11.7 Å². The molecule has 1 amide bonds. The molecule has 1 unspecified atom stereocenters. The average molecular weight is 260 g/mol. The van der Waals surface area contributed by atoms with Gasteiger partial charge in [-0.05, 0) is 31.0 Å². The van der Waals surface area contributed by atoms with Crippen molar-refractivity contribution in [2.24, 2.45) is 5.92 Å². The molecule has 2 aromatic rings. The lowest BCUT2D eigenvalue weighted by Crippen LogP contribution is -2.28. The molecule has 0 saturated heterocycles. The standard InChI is InChI=1S/C13H13FN4O/c14-9-2-1-3-10(7-9)15-13(19)8-4-5-11-12(6-8)17-18-16-11/h1-3,7-8H,4-6H2,(H,15,19)(H,16,17,18). The summed E-state index contributed by atoms with van der Waals surface area (Å²) in [6.45, 7) is 0. The molecule has 0 bridgehead atoms. The van der Waals surface area contributed by atoms with Crippen LogP contribution in [0.4, 0.5) is 10.1 Å². The zero-order valence-corrected chi connectivity index (χ0v) is 10.2. The fourth-order valence-corrected chi connectivity index (χ4v) is 2.32. The molecule has 6 heteroatoms. The minimum atomic E-state index is -0.361. The van der Waals surface area contributed by atoms with Crippen molar-refractivity contribution < 1.29 is 9.18 Å². The van der Waals surface area contributed by atoms with Crippen LogP contribution in [0.2, 0.25) is 0 Å². The smallest absolute Gasteiger partial charge is 0.227 e. The van der Waals surface area contributed by atoms with Gasteiger partial charge in [-0.25, -0.2) is 4.39 Å². The Morgan fingerprint density at radius 3 is 3.05 bits per heavy atom. The second-order valence-corrected chi connectivity index (χ2v) is 4.66. The van der Waals surface area contributed by atoms with Crippen LogP contribution in [0.25, 0.3) is 0 Å². The molecule has 0 fully saturated rings. The van der Waals surface area contributed by atoms with Crippen molar-refractivity contribution in [1.82, 2.24) is 15.4 Å². The number of nitrogens with one attached hydrogen (secondary N) is 2. The van der Waals surface area contributed by atoms with Crippen LogP contribution in [0.3, 0.4) is 0 Å². The Labute approximate surface area is 109 Å². The Hall–Kier alpha value is -2.24. The summed E-state index contributed by atoms with van der Waals surface area (Å²) in [5.74, 6) is -0.597. The van der Waals surface area contributed by atoms with Gasteiger partial charge in [-0.2, -0.15) is 15.4 Å². The van der Waals surface area contributed by atoms with Crippen molar-refractivity contribution in [3.63, 3.8) is 0 Å². The molecule has 0 radical (unpaired) electrons. The highest BCUT2D eigenvalue weighted by atomic mass is 19.1. The minimum absolute atomic E-state index is 0.0979. The van der Waals surface area contributed by atoms with E-state index in [1.807, 2.05) is 0 Å². The molecule has 19 heavy (non-hydrogen) atoms. The third-order valence-corrected chi connectivity index (χ3v) is 3.34. The summed E-state index contributed by atoms with van der Waals surface area (Å²) in [6.07, 6.45) is 2.06. The highest BCUT2D eigenvalue weighted by Gasteiger charge is 2.27. The van der Waals surface area contributed by atoms with Crippen LogP contribution in [0.15, 0.2) is 24.3 Å². The Morgan fingerprint density at radius 2 is 2.21 bits per heavy atom. The zero-order chi connectivity index (χ0) is 13.2. The van der Waals surface area contributed by atoms with E-state index in [0.29, 0.717) is 12.1 Å². The van der Waals surface area contributed by atoms with Crippen molar-refractivity contribution in [2.75, 3.05) is 5.32 Å². The molecule has 5 nitrogen and oxygen atoms in total. The van der Waals surface area contributed by atoms with Gasteiger partial charge in [0.1, 0.15) is 5.82 Å². The molecule has 0 aliphatic heterocycles. The van der Waals surface area contributed by atoms with E-state index in [1.165, 1.54) is 12.1 Å². The number of nitrogens with zero attached hydrogens (tertiary/aromatic N) is 2. The first kappa shape index (κ1) is 11.8. The summed E-state index contributed by atoms with van der Waals surface area (Å²) >= 11 is 0. The van der Waals surface area contributed by atoms with E-state index >= 15 is 0 Å².